The molecule has 2 aromatic rings. The van der Waals surface area contributed by atoms with E-state index in [4.69, 9.17) is 0 Å². The molecule has 0 saturated heterocycles. The number of hydrogen-bond donors (Lipinski definition) is 3. The Hall–Kier alpha value is -1.65. The summed E-state index contributed by atoms with van der Waals surface area (Å²) < 4.78 is 26.2. The number of nitrogens with zero attached hydrogens (tertiary/aromatic N) is 1. The van der Waals surface area contributed by atoms with Crippen LogP contribution in [0.15, 0.2) is 64.5 Å². The van der Waals surface area contributed by atoms with Crippen molar-refractivity contribution in [3.05, 3.63) is 65.7 Å². The maximum absolute atomic E-state index is 11.9. The summed E-state index contributed by atoms with van der Waals surface area (Å²) in [5, 5.41) is 6.57. The minimum atomic E-state index is -3.45. The molecule has 8 heteroatoms. The van der Waals surface area contributed by atoms with Crippen molar-refractivity contribution in [1.82, 2.24) is 15.4 Å². The number of halogens is 1. The molecule has 6 nitrogen and oxygen atoms in total. The molecule has 0 aromatic heterocycles. The Balaban J connectivity index is 0.00000392. The van der Waals surface area contributed by atoms with E-state index in [9.17, 15) is 8.42 Å². The quantitative estimate of drug-likeness (QED) is 0.301. The van der Waals surface area contributed by atoms with Gasteiger partial charge in [-0.15, -0.1) is 24.0 Å². The molecule has 0 aliphatic carbocycles. The summed E-state index contributed by atoms with van der Waals surface area (Å²) >= 11 is 0. The zero-order valence-corrected chi connectivity index (χ0v) is 19.8. The highest BCUT2D eigenvalue weighted by Crippen LogP contribution is 2.21. The minimum absolute atomic E-state index is 0. The largest absolute Gasteiger partial charge is 0.356 e. The number of sulfonamides is 1. The second-order valence-electron chi connectivity index (χ2n) is 6.88. The van der Waals surface area contributed by atoms with Crippen LogP contribution < -0.4 is 15.4 Å². The van der Waals surface area contributed by atoms with Crippen molar-refractivity contribution in [3.63, 3.8) is 0 Å². The summed E-state index contributed by atoms with van der Waals surface area (Å²) in [6, 6.07) is 17.2. The highest BCUT2D eigenvalue weighted by Gasteiger charge is 2.20. The van der Waals surface area contributed by atoms with Crippen LogP contribution in [0.4, 0.5) is 0 Å². The van der Waals surface area contributed by atoms with Crippen LogP contribution in [0.5, 0.6) is 0 Å². The number of aliphatic imine (C=N–C) groups is 1. The number of benzene rings is 2. The highest BCUT2D eigenvalue weighted by molar-refractivity contribution is 14.0. The molecule has 0 bridgehead atoms. The molecule has 0 amide bonds. The minimum Gasteiger partial charge on any atom is -0.356 e. The van der Waals surface area contributed by atoms with Crippen LogP contribution >= 0.6 is 24.0 Å². The molecular formula is C20H29IN4O2S. The zero-order chi connectivity index (χ0) is 19.9. The van der Waals surface area contributed by atoms with Crippen LogP contribution in [0.25, 0.3) is 0 Å². The Morgan fingerprint density at radius 2 is 1.71 bits per heavy atom. The molecule has 0 unspecified atom stereocenters. The molecule has 0 saturated carbocycles. The third-order valence-electron chi connectivity index (χ3n) is 4.41. The van der Waals surface area contributed by atoms with E-state index >= 15 is 0 Å². The molecule has 154 valence electrons. The smallest absolute Gasteiger partial charge is 0.240 e. The maximum atomic E-state index is 11.9. The van der Waals surface area contributed by atoms with E-state index in [0.717, 1.165) is 5.56 Å². The zero-order valence-electron chi connectivity index (χ0n) is 16.7. The van der Waals surface area contributed by atoms with E-state index in [1.165, 1.54) is 12.6 Å². The number of hydrogen-bond acceptors (Lipinski definition) is 3. The van der Waals surface area contributed by atoms with Gasteiger partial charge in [-0.25, -0.2) is 13.1 Å². The van der Waals surface area contributed by atoms with Crippen LogP contribution in [0, 0.1) is 0 Å². The van der Waals surface area contributed by atoms with E-state index in [1.54, 1.807) is 25.2 Å². The molecule has 0 spiro atoms. The van der Waals surface area contributed by atoms with Crippen molar-refractivity contribution in [1.29, 1.82) is 0 Å². The molecule has 28 heavy (non-hydrogen) atoms. The summed E-state index contributed by atoms with van der Waals surface area (Å²) in [7, 11) is -0.330. The van der Waals surface area contributed by atoms with Crippen molar-refractivity contribution in [2.75, 3.05) is 20.6 Å². The van der Waals surface area contributed by atoms with Crippen LogP contribution in [0.1, 0.15) is 25.0 Å². The predicted molar refractivity (Wildman–Crippen MR) is 126 cm³/mol. The Morgan fingerprint density at radius 1 is 1.04 bits per heavy atom. The molecule has 0 heterocycles. The fourth-order valence-electron chi connectivity index (χ4n) is 2.64. The van der Waals surface area contributed by atoms with Crippen LogP contribution in [0.2, 0.25) is 0 Å². The first-order chi connectivity index (χ1) is 12.8. The number of rotatable bonds is 7. The second-order valence-corrected chi connectivity index (χ2v) is 8.77. The Labute approximate surface area is 185 Å². The fourth-order valence-corrected chi connectivity index (χ4v) is 3.44. The summed E-state index contributed by atoms with van der Waals surface area (Å²) in [4.78, 5) is 4.50. The lowest BCUT2D eigenvalue weighted by atomic mass is 9.85. The van der Waals surface area contributed by atoms with Gasteiger partial charge in [-0.3, -0.25) is 4.99 Å². The van der Waals surface area contributed by atoms with E-state index in [2.05, 4.69) is 46.3 Å². The van der Waals surface area contributed by atoms with Gasteiger partial charge < -0.3 is 10.6 Å². The molecule has 2 aromatic carbocycles. The van der Waals surface area contributed by atoms with Gasteiger partial charge in [0.15, 0.2) is 5.96 Å². The predicted octanol–water partition coefficient (Wildman–Crippen LogP) is 2.86. The van der Waals surface area contributed by atoms with Crippen molar-refractivity contribution in [2.45, 2.75) is 30.7 Å². The fraction of sp³-hybridized carbons (Fsp3) is 0.350. The van der Waals surface area contributed by atoms with Gasteiger partial charge in [0.1, 0.15) is 0 Å². The summed E-state index contributed by atoms with van der Waals surface area (Å²) in [6.45, 7) is 5.53. The van der Waals surface area contributed by atoms with Gasteiger partial charge in [0.2, 0.25) is 10.0 Å². The normalized spacial score (nSPS) is 12.2. The van der Waals surface area contributed by atoms with Gasteiger partial charge in [0.05, 0.1) is 4.90 Å². The maximum Gasteiger partial charge on any atom is 0.240 e. The van der Waals surface area contributed by atoms with Crippen LogP contribution in [0.3, 0.4) is 0 Å². The molecule has 0 atom stereocenters. The molecule has 0 fully saturated rings. The SMILES string of the molecule is CN=C(NCc1cccc(S(=O)(=O)NC)c1)NCC(C)(C)c1ccccc1.I. The Kier molecular flexibility index (Phi) is 9.38. The molecular weight excluding hydrogens is 487 g/mol. The summed E-state index contributed by atoms with van der Waals surface area (Å²) in [5.41, 5.74) is 2.05. The first-order valence-corrected chi connectivity index (χ1v) is 10.3. The van der Waals surface area contributed by atoms with Gasteiger partial charge in [-0.2, -0.15) is 0 Å². The highest BCUT2D eigenvalue weighted by atomic mass is 127. The van der Waals surface area contributed by atoms with Gasteiger partial charge in [-0.05, 0) is 30.3 Å². The van der Waals surface area contributed by atoms with Crippen molar-refractivity contribution >= 4 is 40.0 Å². The van der Waals surface area contributed by atoms with Gasteiger partial charge in [-0.1, -0.05) is 56.3 Å². The molecule has 3 N–H and O–H groups in total. The standard InChI is InChI=1S/C20H28N4O2S.HI/c1-20(2,17-10-6-5-7-11-17)15-24-19(21-3)23-14-16-9-8-12-18(13-16)27(25,26)22-4;/h5-13,22H,14-15H2,1-4H3,(H2,21,23,24);1H. The average Bonchev–Trinajstić information content (AvgIpc) is 2.69. The molecule has 0 radical (unpaired) electrons. The number of nitrogens with one attached hydrogen (secondary N) is 3. The van der Waals surface area contributed by atoms with Crippen LogP contribution in [-0.4, -0.2) is 35.0 Å². The topological polar surface area (TPSA) is 82.6 Å². The monoisotopic (exact) mass is 516 g/mol. The van der Waals surface area contributed by atoms with Crippen molar-refractivity contribution in [2.24, 2.45) is 4.99 Å². The first-order valence-electron chi connectivity index (χ1n) is 8.81. The van der Waals surface area contributed by atoms with Gasteiger partial charge in [0.25, 0.3) is 0 Å². The molecule has 0 aliphatic rings. The lowest BCUT2D eigenvalue weighted by Gasteiger charge is -2.26. The van der Waals surface area contributed by atoms with E-state index in [1.807, 2.05) is 24.3 Å². The Bertz CT molecular complexity index is 884. The lowest BCUT2D eigenvalue weighted by Crippen LogP contribution is -2.43. The first kappa shape index (κ1) is 24.4. The summed E-state index contributed by atoms with van der Waals surface area (Å²) in [5.74, 6) is 0.667. The Morgan fingerprint density at radius 3 is 2.32 bits per heavy atom. The summed E-state index contributed by atoms with van der Waals surface area (Å²) in [6.07, 6.45) is 0. The van der Waals surface area contributed by atoms with Crippen LogP contribution in [-0.2, 0) is 22.0 Å². The average molecular weight is 516 g/mol. The second kappa shape index (κ2) is 10.8. The van der Waals surface area contributed by atoms with Gasteiger partial charge in [0, 0.05) is 25.6 Å². The van der Waals surface area contributed by atoms with Crippen molar-refractivity contribution in [3.8, 4) is 0 Å². The molecule has 2 rings (SSSR count). The van der Waals surface area contributed by atoms with E-state index in [0.29, 0.717) is 19.0 Å². The van der Waals surface area contributed by atoms with E-state index < -0.39 is 10.0 Å². The third kappa shape index (κ3) is 6.75. The lowest BCUT2D eigenvalue weighted by molar-refractivity contribution is 0.508. The third-order valence-corrected chi connectivity index (χ3v) is 5.83. The van der Waals surface area contributed by atoms with Crippen molar-refractivity contribution < 1.29 is 8.42 Å². The van der Waals surface area contributed by atoms with E-state index in [-0.39, 0.29) is 34.3 Å². The van der Waals surface area contributed by atoms with Gasteiger partial charge >= 0.3 is 0 Å². The molecule has 0 aliphatic heterocycles. The number of guanidine groups is 1.